The molecule has 2 nitrogen and oxygen atoms in total. The summed E-state index contributed by atoms with van der Waals surface area (Å²) in [6, 6.07) is 0.830. The van der Waals surface area contributed by atoms with Crippen molar-refractivity contribution in [3.05, 3.63) is 35.1 Å². The molecule has 102 valence electrons. The number of ether oxygens (including phenoxy) is 1. The number of nitrogens with two attached hydrogens (primary N) is 1. The predicted molar refractivity (Wildman–Crippen MR) is 54.7 cm³/mol. The van der Waals surface area contributed by atoms with E-state index in [1.165, 1.54) is 0 Å². The molecule has 0 saturated heterocycles. The molecule has 0 aromatic heterocycles. The maximum absolute atomic E-state index is 13.3. The molecule has 0 amide bonds. The lowest BCUT2D eigenvalue weighted by Gasteiger charge is -2.13. The fourth-order valence-electron chi connectivity index (χ4n) is 1.37. The Morgan fingerprint density at radius 1 is 1.11 bits per heavy atom. The number of hydrogen-bond donors (Lipinski definition) is 1. The summed E-state index contributed by atoms with van der Waals surface area (Å²) in [6.07, 6.45) is -2.57. The van der Waals surface area contributed by atoms with Gasteiger partial charge < -0.3 is 10.5 Å². The first-order valence-electron chi connectivity index (χ1n) is 5.18. The van der Waals surface area contributed by atoms with E-state index in [0.29, 0.717) is 0 Å². The van der Waals surface area contributed by atoms with E-state index in [4.69, 9.17) is 5.73 Å². The molecule has 0 spiro atoms. The zero-order chi connectivity index (χ0) is 13.7. The van der Waals surface area contributed by atoms with Crippen LogP contribution in [0.4, 0.5) is 22.0 Å². The van der Waals surface area contributed by atoms with Gasteiger partial charge >= 0.3 is 0 Å². The summed E-state index contributed by atoms with van der Waals surface area (Å²) >= 11 is 0. The highest BCUT2D eigenvalue weighted by Gasteiger charge is 2.18. The quantitative estimate of drug-likeness (QED) is 0.489. The maximum Gasteiger partial charge on any atom is 0.261 e. The SMILES string of the molecule is NC(CCOCC(F)F)c1ccc(F)c(F)c1F. The molecule has 1 atom stereocenters. The number of alkyl halides is 2. The van der Waals surface area contributed by atoms with Crippen molar-refractivity contribution in [3.63, 3.8) is 0 Å². The normalized spacial score (nSPS) is 13.1. The zero-order valence-electron chi connectivity index (χ0n) is 9.31. The third-order valence-corrected chi connectivity index (χ3v) is 2.28. The Labute approximate surface area is 101 Å². The molecule has 0 bridgehead atoms. The second kappa shape index (κ2) is 6.65. The molecule has 2 N–H and O–H groups in total. The standard InChI is InChI=1S/C11H12F5NO/c12-7-2-1-6(10(15)11(7)16)8(17)3-4-18-5-9(13)14/h1-2,8-9H,3-5,17H2. The summed E-state index contributed by atoms with van der Waals surface area (Å²) in [7, 11) is 0. The number of benzene rings is 1. The molecule has 0 fully saturated rings. The lowest BCUT2D eigenvalue weighted by atomic mass is 10.0. The molecule has 1 aromatic rings. The fraction of sp³-hybridized carbons (Fsp3) is 0.455. The van der Waals surface area contributed by atoms with Gasteiger partial charge in [-0.3, -0.25) is 0 Å². The Morgan fingerprint density at radius 3 is 2.39 bits per heavy atom. The van der Waals surface area contributed by atoms with Crippen LogP contribution < -0.4 is 5.73 Å². The monoisotopic (exact) mass is 269 g/mol. The van der Waals surface area contributed by atoms with E-state index in [1.54, 1.807) is 0 Å². The van der Waals surface area contributed by atoms with Gasteiger partial charge in [-0.2, -0.15) is 0 Å². The number of halogens is 5. The van der Waals surface area contributed by atoms with Gasteiger partial charge in [0.15, 0.2) is 17.5 Å². The molecule has 0 heterocycles. The molecule has 1 aromatic carbocycles. The van der Waals surface area contributed by atoms with Crippen LogP contribution >= 0.6 is 0 Å². The highest BCUT2D eigenvalue weighted by atomic mass is 19.3. The molecule has 1 unspecified atom stereocenters. The highest BCUT2D eigenvalue weighted by molar-refractivity contribution is 5.23. The van der Waals surface area contributed by atoms with Crippen LogP contribution in [0.1, 0.15) is 18.0 Å². The van der Waals surface area contributed by atoms with E-state index in [9.17, 15) is 22.0 Å². The minimum absolute atomic E-state index is 0.0225. The smallest absolute Gasteiger partial charge is 0.261 e. The van der Waals surface area contributed by atoms with Crippen molar-refractivity contribution in [2.24, 2.45) is 5.73 Å². The molecule has 18 heavy (non-hydrogen) atoms. The second-order valence-corrected chi connectivity index (χ2v) is 3.63. The van der Waals surface area contributed by atoms with Crippen molar-refractivity contribution in [3.8, 4) is 0 Å². The van der Waals surface area contributed by atoms with Crippen LogP contribution in [-0.4, -0.2) is 19.6 Å². The fourth-order valence-corrected chi connectivity index (χ4v) is 1.37. The molecule has 0 aliphatic heterocycles. The minimum atomic E-state index is -2.60. The van der Waals surface area contributed by atoms with E-state index in [1.807, 2.05) is 0 Å². The van der Waals surface area contributed by atoms with Crippen LogP contribution in [0.15, 0.2) is 12.1 Å². The summed E-state index contributed by atoms with van der Waals surface area (Å²) in [6.45, 7) is -0.864. The largest absolute Gasteiger partial charge is 0.375 e. The van der Waals surface area contributed by atoms with E-state index in [0.717, 1.165) is 12.1 Å². The van der Waals surface area contributed by atoms with Gasteiger partial charge in [-0.25, -0.2) is 22.0 Å². The first kappa shape index (κ1) is 14.8. The Morgan fingerprint density at radius 2 is 1.78 bits per heavy atom. The third-order valence-electron chi connectivity index (χ3n) is 2.28. The number of rotatable bonds is 6. The topological polar surface area (TPSA) is 35.2 Å². The molecule has 0 aliphatic carbocycles. The van der Waals surface area contributed by atoms with Crippen molar-refractivity contribution in [2.75, 3.05) is 13.2 Å². The van der Waals surface area contributed by atoms with Gasteiger partial charge in [0.05, 0.1) is 0 Å². The van der Waals surface area contributed by atoms with Crippen LogP contribution in [0.2, 0.25) is 0 Å². The second-order valence-electron chi connectivity index (χ2n) is 3.63. The van der Waals surface area contributed by atoms with Gasteiger partial charge in [-0.05, 0) is 12.5 Å². The molecular formula is C11H12F5NO. The van der Waals surface area contributed by atoms with Crippen molar-refractivity contribution in [2.45, 2.75) is 18.9 Å². The third kappa shape index (κ3) is 3.92. The van der Waals surface area contributed by atoms with Crippen molar-refractivity contribution < 1.29 is 26.7 Å². The van der Waals surface area contributed by atoms with E-state index in [2.05, 4.69) is 4.74 Å². The Bertz CT molecular complexity index is 399. The highest BCUT2D eigenvalue weighted by Crippen LogP contribution is 2.22. The van der Waals surface area contributed by atoms with Crippen LogP contribution in [0.3, 0.4) is 0 Å². The van der Waals surface area contributed by atoms with Gasteiger partial charge in [0.2, 0.25) is 0 Å². The van der Waals surface area contributed by atoms with E-state index >= 15 is 0 Å². The summed E-state index contributed by atoms with van der Waals surface area (Å²) in [4.78, 5) is 0. The van der Waals surface area contributed by atoms with Gasteiger partial charge in [-0.1, -0.05) is 6.07 Å². The van der Waals surface area contributed by atoms with Crippen molar-refractivity contribution in [1.82, 2.24) is 0 Å². The molecule has 0 aliphatic rings. The van der Waals surface area contributed by atoms with Crippen LogP contribution in [0, 0.1) is 17.5 Å². The maximum atomic E-state index is 13.3. The van der Waals surface area contributed by atoms with Crippen LogP contribution in [0.25, 0.3) is 0 Å². The van der Waals surface area contributed by atoms with Gasteiger partial charge in [-0.15, -0.1) is 0 Å². The zero-order valence-corrected chi connectivity index (χ0v) is 9.31. The summed E-state index contributed by atoms with van der Waals surface area (Å²) in [5.74, 6) is -4.27. The van der Waals surface area contributed by atoms with Gasteiger partial charge in [0, 0.05) is 18.2 Å². The van der Waals surface area contributed by atoms with E-state index in [-0.39, 0.29) is 18.6 Å². The van der Waals surface area contributed by atoms with Crippen LogP contribution in [-0.2, 0) is 4.74 Å². The lowest BCUT2D eigenvalue weighted by Crippen LogP contribution is -2.17. The average molecular weight is 269 g/mol. The van der Waals surface area contributed by atoms with Gasteiger partial charge in [0.1, 0.15) is 6.61 Å². The van der Waals surface area contributed by atoms with E-state index < -0.39 is 36.5 Å². The minimum Gasteiger partial charge on any atom is -0.375 e. The molecule has 1 rings (SSSR count). The first-order chi connectivity index (χ1) is 8.43. The molecule has 7 heteroatoms. The Kier molecular flexibility index (Phi) is 5.49. The predicted octanol–water partition coefficient (Wildman–Crippen LogP) is 2.78. The first-order valence-corrected chi connectivity index (χ1v) is 5.18. The van der Waals surface area contributed by atoms with Gasteiger partial charge in [0.25, 0.3) is 6.43 Å². The lowest BCUT2D eigenvalue weighted by molar-refractivity contribution is 0.0151. The molecular weight excluding hydrogens is 257 g/mol. The van der Waals surface area contributed by atoms with Crippen molar-refractivity contribution in [1.29, 1.82) is 0 Å². The summed E-state index contributed by atoms with van der Waals surface area (Å²) < 4.78 is 66.9. The molecule has 0 radical (unpaired) electrons. The number of hydrogen-bond acceptors (Lipinski definition) is 2. The summed E-state index contributed by atoms with van der Waals surface area (Å²) in [5.41, 5.74) is 5.32. The molecule has 0 saturated carbocycles. The average Bonchev–Trinajstić information content (AvgIpc) is 2.31. The Balaban J connectivity index is 2.57. The van der Waals surface area contributed by atoms with Crippen molar-refractivity contribution >= 4 is 0 Å². The Hall–Kier alpha value is -1.21. The summed E-state index contributed by atoms with van der Waals surface area (Å²) in [5, 5.41) is 0. The van der Waals surface area contributed by atoms with Crippen LogP contribution in [0.5, 0.6) is 0 Å².